The van der Waals surface area contributed by atoms with Crippen LogP contribution in [0.3, 0.4) is 0 Å². The van der Waals surface area contributed by atoms with E-state index in [0.717, 1.165) is 13.0 Å². The van der Waals surface area contributed by atoms with Crippen LogP contribution in [-0.4, -0.2) is 64.5 Å². The van der Waals surface area contributed by atoms with E-state index in [1.54, 1.807) is 13.8 Å². The van der Waals surface area contributed by atoms with E-state index < -0.39 is 12.1 Å². The van der Waals surface area contributed by atoms with Crippen molar-refractivity contribution in [2.45, 2.75) is 59.8 Å². The summed E-state index contributed by atoms with van der Waals surface area (Å²) in [6.45, 7) is 11.5. The average molecular weight is 426 g/mol. The number of aromatic nitrogens is 2. The zero-order valence-corrected chi connectivity index (χ0v) is 18.6. The Balaban J connectivity index is 2.22. The minimum atomic E-state index is -0.626. The number of fused-ring (bicyclic) bond motifs is 1. The topological polar surface area (TPSA) is 105 Å². The molecule has 2 heterocycles. The molecule has 8 nitrogen and oxygen atoms in total. The molecule has 2 aromatic rings. The third kappa shape index (κ3) is 6.33. The Morgan fingerprint density at radius 1 is 1.34 bits per heavy atom. The summed E-state index contributed by atoms with van der Waals surface area (Å²) in [5.41, 5.74) is 0.324. The molecule has 2 aromatic heterocycles. The first-order chi connectivity index (χ1) is 13.8. The minimum Gasteiger partial charge on any atom is -0.462 e. The van der Waals surface area contributed by atoms with Crippen LogP contribution in [0.4, 0.5) is 0 Å². The van der Waals surface area contributed by atoms with Gasteiger partial charge in [0.25, 0.3) is 5.56 Å². The lowest BCUT2D eigenvalue weighted by atomic mass is 10.2. The number of carbonyl (C=O) groups is 1. The quantitative estimate of drug-likeness (QED) is 0.533. The van der Waals surface area contributed by atoms with Crippen molar-refractivity contribution in [2.24, 2.45) is 0 Å². The zero-order chi connectivity index (χ0) is 21.6. The molecule has 0 aliphatic rings. The summed E-state index contributed by atoms with van der Waals surface area (Å²) >= 11 is 1.17. The van der Waals surface area contributed by atoms with Crippen LogP contribution in [0.2, 0.25) is 0 Å². The third-order valence-electron chi connectivity index (χ3n) is 4.31. The van der Waals surface area contributed by atoms with Gasteiger partial charge < -0.3 is 19.6 Å². The average Bonchev–Trinajstić information content (AvgIpc) is 2.97. The summed E-state index contributed by atoms with van der Waals surface area (Å²) in [7, 11) is 0. The summed E-state index contributed by atoms with van der Waals surface area (Å²) < 4.78 is 10.5. The van der Waals surface area contributed by atoms with E-state index in [-0.39, 0.29) is 24.9 Å². The van der Waals surface area contributed by atoms with Crippen molar-refractivity contribution in [3.05, 3.63) is 26.6 Å². The number of rotatable bonds is 11. The van der Waals surface area contributed by atoms with E-state index in [9.17, 15) is 14.7 Å². The Kier molecular flexibility index (Phi) is 8.76. The van der Waals surface area contributed by atoms with Crippen molar-refractivity contribution in [3.63, 3.8) is 0 Å². The molecule has 2 N–H and O–H groups in total. The molecule has 0 saturated heterocycles. The summed E-state index contributed by atoms with van der Waals surface area (Å²) in [6, 6.07) is 0. The second-order valence-corrected chi connectivity index (χ2v) is 8.24. The largest absolute Gasteiger partial charge is 0.462 e. The number of carbonyl (C=O) groups excluding carboxylic acids is 1. The maximum Gasteiger partial charge on any atom is 0.348 e. The highest BCUT2D eigenvalue weighted by Gasteiger charge is 2.21. The fraction of sp³-hybridized carbons (Fsp3) is 0.650. The molecule has 0 unspecified atom stereocenters. The van der Waals surface area contributed by atoms with E-state index in [4.69, 9.17) is 9.47 Å². The number of hydrogen-bond donors (Lipinski definition) is 2. The predicted molar refractivity (Wildman–Crippen MR) is 114 cm³/mol. The Labute approximate surface area is 174 Å². The van der Waals surface area contributed by atoms with Crippen LogP contribution in [0.15, 0.2) is 4.79 Å². The number of aliphatic hydroxyl groups is 1. The molecule has 29 heavy (non-hydrogen) atoms. The second-order valence-electron chi connectivity index (χ2n) is 7.24. The van der Waals surface area contributed by atoms with Crippen LogP contribution in [0, 0.1) is 6.92 Å². The van der Waals surface area contributed by atoms with E-state index in [1.165, 1.54) is 11.3 Å². The molecule has 9 heteroatoms. The number of aryl methyl sites for hydroxylation is 1. The summed E-state index contributed by atoms with van der Waals surface area (Å²) in [6.07, 6.45) is 0.328. The van der Waals surface area contributed by atoms with E-state index in [0.29, 0.717) is 39.6 Å². The third-order valence-corrected chi connectivity index (χ3v) is 5.48. The first-order valence-electron chi connectivity index (χ1n) is 9.98. The van der Waals surface area contributed by atoms with Gasteiger partial charge in [0.15, 0.2) is 0 Å². The molecule has 162 valence electrons. The van der Waals surface area contributed by atoms with Gasteiger partial charge in [0.1, 0.15) is 15.5 Å². The van der Waals surface area contributed by atoms with Crippen LogP contribution in [-0.2, 0) is 16.0 Å². The van der Waals surface area contributed by atoms with Gasteiger partial charge in [-0.2, -0.15) is 0 Å². The smallest absolute Gasteiger partial charge is 0.348 e. The van der Waals surface area contributed by atoms with Gasteiger partial charge in [0, 0.05) is 6.54 Å². The zero-order valence-electron chi connectivity index (χ0n) is 17.8. The highest BCUT2D eigenvalue weighted by molar-refractivity contribution is 7.20. The molecule has 0 aliphatic carbocycles. The van der Waals surface area contributed by atoms with E-state index in [1.807, 2.05) is 18.7 Å². The van der Waals surface area contributed by atoms with Gasteiger partial charge in [0.05, 0.1) is 37.4 Å². The molecule has 0 saturated carbocycles. The first-order valence-corrected chi connectivity index (χ1v) is 10.8. The number of hydrogen-bond acceptors (Lipinski definition) is 8. The highest BCUT2D eigenvalue weighted by Crippen LogP contribution is 2.27. The highest BCUT2D eigenvalue weighted by atomic mass is 32.1. The van der Waals surface area contributed by atoms with Gasteiger partial charge in [0.2, 0.25) is 0 Å². The predicted octanol–water partition coefficient (Wildman–Crippen LogP) is 2.47. The fourth-order valence-corrected chi connectivity index (χ4v) is 4.17. The minimum absolute atomic E-state index is 0.0559. The van der Waals surface area contributed by atoms with Crippen molar-refractivity contribution in [3.8, 4) is 0 Å². The van der Waals surface area contributed by atoms with Gasteiger partial charge >= 0.3 is 5.97 Å². The summed E-state index contributed by atoms with van der Waals surface area (Å²) in [5, 5.41) is 10.7. The van der Waals surface area contributed by atoms with Crippen LogP contribution in [0.25, 0.3) is 10.2 Å². The summed E-state index contributed by atoms with van der Waals surface area (Å²) in [5.74, 6) is 0.0689. The van der Waals surface area contributed by atoms with Crippen molar-refractivity contribution < 1.29 is 19.4 Å². The molecule has 1 atom stereocenters. The van der Waals surface area contributed by atoms with E-state index >= 15 is 0 Å². The van der Waals surface area contributed by atoms with Crippen LogP contribution >= 0.6 is 11.3 Å². The lowest BCUT2D eigenvalue weighted by molar-refractivity contribution is -0.00977. The molecular formula is C20H31N3O5S. The standard InChI is InChI=1S/C20H31N3O5S/c1-6-8-23(9-14(24)11-28-12(3)4)10-15-21-18(25)16-13(5)17(20(26)27-7-2)29-19(16)22-15/h12,14,24H,6-11H2,1-5H3,(H,21,22,25)/t14-/m0/s1. The Bertz CT molecular complexity index is 877. The summed E-state index contributed by atoms with van der Waals surface area (Å²) in [4.78, 5) is 35.1. The maximum atomic E-state index is 12.6. The number of thiophene rings is 1. The number of aromatic amines is 1. The van der Waals surface area contributed by atoms with Gasteiger partial charge in [-0.3, -0.25) is 9.69 Å². The Morgan fingerprint density at radius 2 is 2.07 bits per heavy atom. The van der Waals surface area contributed by atoms with Crippen LogP contribution in [0.5, 0.6) is 0 Å². The van der Waals surface area contributed by atoms with Crippen LogP contribution < -0.4 is 5.56 Å². The molecule has 0 amide bonds. The molecule has 0 aromatic carbocycles. The number of ether oxygens (including phenoxy) is 2. The molecule has 0 bridgehead atoms. The first kappa shape index (κ1) is 23.5. The molecular weight excluding hydrogens is 394 g/mol. The van der Waals surface area contributed by atoms with Gasteiger partial charge in [-0.15, -0.1) is 11.3 Å². The number of nitrogens with zero attached hydrogens (tertiary/aromatic N) is 2. The maximum absolute atomic E-state index is 12.6. The fourth-order valence-electron chi connectivity index (χ4n) is 3.07. The van der Waals surface area contributed by atoms with Gasteiger partial charge in [-0.1, -0.05) is 6.92 Å². The molecule has 0 fully saturated rings. The molecule has 0 radical (unpaired) electrons. The molecule has 0 spiro atoms. The Hall–Kier alpha value is -1.81. The Morgan fingerprint density at radius 3 is 2.69 bits per heavy atom. The normalized spacial score (nSPS) is 12.8. The monoisotopic (exact) mass is 425 g/mol. The van der Waals surface area contributed by atoms with Crippen molar-refractivity contribution >= 4 is 27.5 Å². The van der Waals surface area contributed by atoms with Gasteiger partial charge in [-0.25, -0.2) is 9.78 Å². The van der Waals surface area contributed by atoms with Crippen molar-refractivity contribution in [1.29, 1.82) is 0 Å². The van der Waals surface area contributed by atoms with Crippen molar-refractivity contribution in [2.75, 3.05) is 26.3 Å². The number of H-pyrrole nitrogens is 1. The molecule has 0 aliphatic heterocycles. The SMILES string of the molecule is CCCN(Cc1nc2sc(C(=O)OCC)c(C)c2c(=O)[nH]1)C[C@H](O)COC(C)C. The van der Waals surface area contributed by atoms with Crippen molar-refractivity contribution in [1.82, 2.24) is 14.9 Å². The number of esters is 1. The second kappa shape index (κ2) is 10.8. The number of aliphatic hydroxyl groups excluding tert-OH is 1. The van der Waals surface area contributed by atoms with Gasteiger partial charge in [-0.05, 0) is 46.2 Å². The van der Waals surface area contributed by atoms with Crippen LogP contribution in [0.1, 0.15) is 55.2 Å². The van der Waals surface area contributed by atoms with E-state index in [2.05, 4.69) is 16.9 Å². The lowest BCUT2D eigenvalue weighted by Gasteiger charge is -2.24. The molecule has 2 rings (SSSR count). The number of nitrogens with one attached hydrogen (secondary N) is 1. The lowest BCUT2D eigenvalue weighted by Crippen LogP contribution is -2.36.